The number of nitrogens with zero attached hydrogens (tertiary/aromatic N) is 1. The van der Waals surface area contributed by atoms with Gasteiger partial charge in [0.15, 0.2) is 17.5 Å². The molecule has 0 unspecified atom stereocenters. The highest BCUT2D eigenvalue weighted by atomic mass is 16.7. The van der Waals surface area contributed by atoms with E-state index >= 15 is 0 Å². The molecule has 0 atom stereocenters. The van der Waals surface area contributed by atoms with Crippen LogP contribution in [0.5, 0.6) is 11.5 Å². The van der Waals surface area contributed by atoms with Crippen molar-refractivity contribution in [2.75, 3.05) is 39.6 Å². The van der Waals surface area contributed by atoms with E-state index in [0.29, 0.717) is 6.79 Å². The lowest BCUT2D eigenvalue weighted by Crippen LogP contribution is -2.38. The van der Waals surface area contributed by atoms with Crippen molar-refractivity contribution in [2.24, 2.45) is 4.99 Å². The van der Waals surface area contributed by atoms with Crippen molar-refractivity contribution >= 4 is 5.96 Å². The summed E-state index contributed by atoms with van der Waals surface area (Å²) in [5, 5.41) is 6.61. The number of ether oxygens (including phenoxy) is 3. The Morgan fingerprint density at radius 2 is 2.09 bits per heavy atom. The Morgan fingerprint density at radius 3 is 2.91 bits per heavy atom. The van der Waals surface area contributed by atoms with Gasteiger partial charge in [-0.25, -0.2) is 0 Å². The summed E-state index contributed by atoms with van der Waals surface area (Å²) >= 11 is 0. The summed E-state index contributed by atoms with van der Waals surface area (Å²) in [6.07, 6.45) is 1.84. The third kappa shape index (κ3) is 5.98. The fourth-order valence-electron chi connectivity index (χ4n) is 2.27. The van der Waals surface area contributed by atoms with Gasteiger partial charge in [0.25, 0.3) is 0 Å². The van der Waals surface area contributed by atoms with E-state index in [4.69, 9.17) is 14.2 Å². The summed E-state index contributed by atoms with van der Waals surface area (Å²) in [6.45, 7) is 8.34. The van der Waals surface area contributed by atoms with Gasteiger partial charge in [-0.05, 0) is 44.4 Å². The predicted molar refractivity (Wildman–Crippen MR) is 91.4 cm³/mol. The summed E-state index contributed by atoms with van der Waals surface area (Å²) < 4.78 is 16.0. The Bertz CT molecular complexity index is 506. The monoisotopic (exact) mass is 321 g/mol. The van der Waals surface area contributed by atoms with Crippen molar-refractivity contribution in [1.29, 1.82) is 0 Å². The summed E-state index contributed by atoms with van der Waals surface area (Å²) in [6, 6.07) is 6.07. The molecule has 1 aliphatic heterocycles. The van der Waals surface area contributed by atoms with Crippen LogP contribution in [0.3, 0.4) is 0 Å². The summed E-state index contributed by atoms with van der Waals surface area (Å²) in [4.78, 5) is 4.54. The Morgan fingerprint density at radius 1 is 1.22 bits per heavy atom. The first-order valence-electron chi connectivity index (χ1n) is 8.32. The zero-order chi connectivity index (χ0) is 16.3. The largest absolute Gasteiger partial charge is 0.454 e. The molecule has 2 rings (SSSR count). The zero-order valence-corrected chi connectivity index (χ0v) is 14.1. The number of guanidine groups is 1. The first-order chi connectivity index (χ1) is 11.3. The SMILES string of the molecule is CCNC(=NCCCOCC)NCCc1ccc2c(c1)OCO2. The Kier molecular flexibility index (Phi) is 7.52. The van der Waals surface area contributed by atoms with Crippen molar-refractivity contribution in [2.45, 2.75) is 26.7 Å². The maximum atomic E-state index is 5.40. The van der Waals surface area contributed by atoms with Crippen molar-refractivity contribution in [1.82, 2.24) is 10.6 Å². The summed E-state index contributed by atoms with van der Waals surface area (Å²) in [7, 11) is 0. The second-order valence-electron chi connectivity index (χ2n) is 5.18. The maximum Gasteiger partial charge on any atom is 0.231 e. The summed E-state index contributed by atoms with van der Waals surface area (Å²) in [5.74, 6) is 2.51. The third-order valence-electron chi connectivity index (χ3n) is 3.41. The molecule has 6 nitrogen and oxygen atoms in total. The van der Waals surface area contributed by atoms with Gasteiger partial charge in [0.2, 0.25) is 6.79 Å². The van der Waals surface area contributed by atoms with Gasteiger partial charge in [-0.15, -0.1) is 0 Å². The number of fused-ring (bicyclic) bond motifs is 1. The molecule has 0 amide bonds. The van der Waals surface area contributed by atoms with Gasteiger partial charge < -0.3 is 24.8 Å². The minimum Gasteiger partial charge on any atom is -0.454 e. The van der Waals surface area contributed by atoms with E-state index in [2.05, 4.69) is 28.6 Å². The van der Waals surface area contributed by atoms with Crippen LogP contribution in [0.25, 0.3) is 0 Å². The second kappa shape index (κ2) is 9.94. The van der Waals surface area contributed by atoms with E-state index in [9.17, 15) is 0 Å². The second-order valence-corrected chi connectivity index (χ2v) is 5.18. The molecule has 0 radical (unpaired) electrons. The van der Waals surface area contributed by atoms with Crippen LogP contribution >= 0.6 is 0 Å². The van der Waals surface area contributed by atoms with Gasteiger partial charge in [-0.3, -0.25) is 4.99 Å². The number of benzene rings is 1. The van der Waals surface area contributed by atoms with Gasteiger partial charge in [0.05, 0.1) is 0 Å². The van der Waals surface area contributed by atoms with Crippen molar-refractivity contribution in [3.8, 4) is 11.5 Å². The molecule has 6 heteroatoms. The molecule has 1 aromatic carbocycles. The molecular formula is C17H27N3O3. The fourth-order valence-corrected chi connectivity index (χ4v) is 2.27. The molecule has 0 spiro atoms. The normalized spacial score (nSPS) is 13.2. The van der Waals surface area contributed by atoms with E-state index in [1.54, 1.807) is 0 Å². The molecule has 0 aliphatic carbocycles. The number of hydrogen-bond acceptors (Lipinski definition) is 4. The number of rotatable bonds is 9. The lowest BCUT2D eigenvalue weighted by Gasteiger charge is -2.11. The van der Waals surface area contributed by atoms with E-state index < -0.39 is 0 Å². The first kappa shape index (κ1) is 17.4. The van der Waals surface area contributed by atoms with E-state index in [-0.39, 0.29) is 0 Å². The molecule has 2 N–H and O–H groups in total. The van der Waals surface area contributed by atoms with Crippen LogP contribution in [0, 0.1) is 0 Å². The molecule has 0 saturated heterocycles. The quantitative estimate of drug-likeness (QED) is 0.413. The minimum atomic E-state index is 0.315. The van der Waals surface area contributed by atoms with Gasteiger partial charge >= 0.3 is 0 Å². The molecule has 1 heterocycles. The maximum absolute atomic E-state index is 5.40. The lowest BCUT2D eigenvalue weighted by atomic mass is 10.1. The topological polar surface area (TPSA) is 64.1 Å². The van der Waals surface area contributed by atoms with Gasteiger partial charge in [0, 0.05) is 32.8 Å². The molecule has 23 heavy (non-hydrogen) atoms. The van der Waals surface area contributed by atoms with Crippen LogP contribution in [0.15, 0.2) is 23.2 Å². The van der Waals surface area contributed by atoms with Crippen LogP contribution in [-0.2, 0) is 11.2 Å². The highest BCUT2D eigenvalue weighted by molar-refractivity contribution is 5.79. The minimum absolute atomic E-state index is 0.315. The molecular weight excluding hydrogens is 294 g/mol. The van der Waals surface area contributed by atoms with Gasteiger partial charge in [-0.1, -0.05) is 6.07 Å². The highest BCUT2D eigenvalue weighted by Gasteiger charge is 2.12. The van der Waals surface area contributed by atoms with Gasteiger partial charge in [-0.2, -0.15) is 0 Å². The zero-order valence-electron chi connectivity index (χ0n) is 14.1. The number of hydrogen-bond donors (Lipinski definition) is 2. The molecule has 0 fully saturated rings. The highest BCUT2D eigenvalue weighted by Crippen LogP contribution is 2.32. The predicted octanol–water partition coefficient (Wildman–Crippen LogP) is 1.94. The van der Waals surface area contributed by atoms with Crippen LogP contribution in [0.1, 0.15) is 25.8 Å². The smallest absolute Gasteiger partial charge is 0.231 e. The molecule has 0 bridgehead atoms. The standard InChI is InChI=1S/C17H27N3O3/c1-3-18-17(19-9-5-11-21-4-2)20-10-8-14-6-7-15-16(12-14)23-13-22-15/h6-7,12H,3-5,8-11,13H2,1-2H3,(H2,18,19,20). The number of aliphatic imine (C=N–C) groups is 1. The van der Waals surface area contributed by atoms with Crippen molar-refractivity contribution in [3.05, 3.63) is 23.8 Å². The molecule has 1 aliphatic rings. The van der Waals surface area contributed by atoms with Crippen LogP contribution in [0.2, 0.25) is 0 Å². The Labute approximate surface area is 138 Å². The lowest BCUT2D eigenvalue weighted by molar-refractivity contribution is 0.146. The third-order valence-corrected chi connectivity index (χ3v) is 3.41. The molecule has 1 aromatic rings. The van der Waals surface area contributed by atoms with E-state index in [1.165, 1.54) is 5.56 Å². The first-order valence-corrected chi connectivity index (χ1v) is 8.32. The van der Waals surface area contributed by atoms with Crippen LogP contribution in [0.4, 0.5) is 0 Å². The Balaban J connectivity index is 1.74. The molecule has 0 saturated carbocycles. The van der Waals surface area contributed by atoms with E-state index in [1.807, 2.05) is 19.1 Å². The van der Waals surface area contributed by atoms with Gasteiger partial charge in [0.1, 0.15) is 0 Å². The van der Waals surface area contributed by atoms with Crippen molar-refractivity contribution in [3.63, 3.8) is 0 Å². The molecule has 128 valence electrons. The van der Waals surface area contributed by atoms with Crippen LogP contribution in [-0.4, -0.2) is 45.6 Å². The Hall–Kier alpha value is -1.95. The average molecular weight is 321 g/mol. The average Bonchev–Trinajstić information content (AvgIpc) is 3.02. The van der Waals surface area contributed by atoms with Crippen molar-refractivity contribution < 1.29 is 14.2 Å². The fraction of sp³-hybridized carbons (Fsp3) is 0.588. The van der Waals surface area contributed by atoms with E-state index in [0.717, 1.165) is 63.1 Å². The molecule has 0 aromatic heterocycles. The summed E-state index contributed by atoms with van der Waals surface area (Å²) in [5.41, 5.74) is 1.22. The van der Waals surface area contributed by atoms with Crippen LogP contribution < -0.4 is 20.1 Å². The number of nitrogens with one attached hydrogen (secondary N) is 2.